The van der Waals surface area contributed by atoms with Crippen LogP contribution in [0.4, 0.5) is 0 Å². The van der Waals surface area contributed by atoms with Crippen LogP contribution in [-0.2, 0) is 9.59 Å². The fraction of sp³-hybridized carbons (Fsp3) is 0.538. The molecule has 0 fully saturated rings. The van der Waals surface area contributed by atoms with Crippen LogP contribution in [0.1, 0.15) is 26.7 Å². The van der Waals surface area contributed by atoms with E-state index in [1.807, 2.05) is 12.2 Å². The predicted octanol–water partition coefficient (Wildman–Crippen LogP) is 2.22. The highest BCUT2D eigenvalue weighted by molar-refractivity contribution is 7.99. The van der Waals surface area contributed by atoms with Crippen molar-refractivity contribution >= 4 is 23.6 Å². The van der Waals surface area contributed by atoms with E-state index in [1.54, 1.807) is 0 Å². The highest BCUT2D eigenvalue weighted by Gasteiger charge is 2.17. The van der Waals surface area contributed by atoms with Gasteiger partial charge in [-0.15, -0.1) is 0 Å². The summed E-state index contributed by atoms with van der Waals surface area (Å²) in [4.78, 5) is 21.6. The Morgan fingerprint density at radius 3 is 2.50 bits per heavy atom. The van der Waals surface area contributed by atoms with Crippen molar-refractivity contribution in [2.75, 3.05) is 11.5 Å². The third kappa shape index (κ3) is 9.96. The minimum Gasteiger partial charge on any atom is -0.480 e. The number of hydrogen-bond acceptors (Lipinski definition) is 3. The molecule has 0 aromatic heterocycles. The molecule has 0 bridgehead atoms. The molecule has 0 saturated heterocycles. The van der Waals surface area contributed by atoms with E-state index in [9.17, 15) is 9.59 Å². The summed E-state index contributed by atoms with van der Waals surface area (Å²) < 4.78 is 0. The lowest BCUT2D eigenvalue weighted by Gasteiger charge is -2.11. The van der Waals surface area contributed by atoms with Gasteiger partial charge in [0.25, 0.3) is 0 Å². The van der Waals surface area contributed by atoms with Gasteiger partial charge in [0.05, 0.1) is 0 Å². The number of carboxylic acid groups (broad SMARTS) is 1. The van der Waals surface area contributed by atoms with E-state index in [-0.39, 0.29) is 5.91 Å². The Kier molecular flexibility index (Phi) is 10.2. The second-order valence-electron chi connectivity index (χ2n) is 3.72. The molecule has 0 aliphatic carbocycles. The molecule has 102 valence electrons. The first-order chi connectivity index (χ1) is 8.57. The number of carboxylic acids is 1. The molecule has 5 heteroatoms. The Labute approximate surface area is 113 Å². The first kappa shape index (κ1) is 16.8. The molecule has 0 aromatic rings. The molecular weight excluding hydrogens is 250 g/mol. The van der Waals surface area contributed by atoms with Crippen molar-refractivity contribution in [2.24, 2.45) is 0 Å². The maximum Gasteiger partial charge on any atom is 0.327 e. The van der Waals surface area contributed by atoms with Crippen molar-refractivity contribution < 1.29 is 14.7 Å². The van der Waals surface area contributed by atoms with Gasteiger partial charge in [-0.05, 0) is 12.8 Å². The maximum atomic E-state index is 10.8. The molecule has 2 N–H and O–H groups in total. The Morgan fingerprint density at radius 2 is 1.94 bits per heavy atom. The quantitative estimate of drug-likeness (QED) is 0.498. The van der Waals surface area contributed by atoms with Gasteiger partial charge in [0.15, 0.2) is 0 Å². The molecule has 0 aliphatic heterocycles. The summed E-state index contributed by atoms with van der Waals surface area (Å²) in [5.41, 5.74) is 0. The lowest BCUT2D eigenvalue weighted by atomic mass is 10.3. The molecule has 0 aromatic carbocycles. The molecule has 0 unspecified atom stereocenters. The minimum atomic E-state index is -0.993. The maximum absolute atomic E-state index is 10.8. The van der Waals surface area contributed by atoms with Crippen LogP contribution in [0.15, 0.2) is 24.3 Å². The molecular formula is C13H21NO3S. The number of carbonyl (C=O) groups is 2. The zero-order valence-corrected chi connectivity index (χ0v) is 11.7. The monoisotopic (exact) mass is 271 g/mol. The van der Waals surface area contributed by atoms with Crippen LogP contribution in [0.2, 0.25) is 0 Å². The summed E-state index contributed by atoms with van der Waals surface area (Å²) in [6, 6.07) is -0.805. The zero-order chi connectivity index (χ0) is 13.8. The van der Waals surface area contributed by atoms with Gasteiger partial charge in [-0.25, -0.2) is 4.79 Å². The van der Waals surface area contributed by atoms with Gasteiger partial charge in [0.2, 0.25) is 5.91 Å². The fourth-order valence-corrected chi connectivity index (χ4v) is 2.05. The number of allylic oxidation sites excluding steroid dienone is 3. The average molecular weight is 271 g/mol. The van der Waals surface area contributed by atoms with Crippen molar-refractivity contribution in [3.05, 3.63) is 24.3 Å². The lowest BCUT2D eigenvalue weighted by Crippen LogP contribution is -2.41. The van der Waals surface area contributed by atoms with Crippen LogP contribution in [0, 0.1) is 0 Å². The first-order valence-corrected chi connectivity index (χ1v) is 7.11. The van der Waals surface area contributed by atoms with Gasteiger partial charge in [-0.1, -0.05) is 31.2 Å². The standard InChI is InChI=1S/C13H21NO3S/c1-3-4-5-6-7-8-9-18-10-12(13(16)17)14-11(2)15/h4-5,7-8,12H,3,6,9-10H2,1-2H3,(H,14,15)(H,16,17)/b5-4-,8-7-/t12-/m1/s1. The number of carbonyl (C=O) groups excluding carboxylic acids is 1. The van der Waals surface area contributed by atoms with E-state index < -0.39 is 12.0 Å². The third-order valence-corrected chi connectivity index (χ3v) is 3.01. The molecule has 1 amide bonds. The molecule has 1 atom stereocenters. The highest BCUT2D eigenvalue weighted by atomic mass is 32.2. The van der Waals surface area contributed by atoms with Crippen molar-refractivity contribution in [3.8, 4) is 0 Å². The molecule has 0 heterocycles. The Morgan fingerprint density at radius 1 is 1.28 bits per heavy atom. The van der Waals surface area contributed by atoms with E-state index in [0.29, 0.717) is 5.75 Å². The van der Waals surface area contributed by atoms with Crippen LogP contribution in [0.3, 0.4) is 0 Å². The van der Waals surface area contributed by atoms with E-state index in [4.69, 9.17) is 5.11 Å². The fourth-order valence-electron chi connectivity index (χ4n) is 1.18. The summed E-state index contributed by atoms with van der Waals surface area (Å²) in [5.74, 6) is -0.177. The van der Waals surface area contributed by atoms with Gasteiger partial charge < -0.3 is 10.4 Å². The molecule has 0 aliphatic rings. The topological polar surface area (TPSA) is 66.4 Å². The number of aliphatic carboxylic acids is 1. The van der Waals surface area contributed by atoms with Crippen LogP contribution < -0.4 is 5.32 Å². The Balaban J connectivity index is 3.76. The number of rotatable bonds is 9. The van der Waals surface area contributed by atoms with Crippen LogP contribution in [-0.4, -0.2) is 34.5 Å². The Bertz CT molecular complexity index is 313. The molecule has 0 rings (SSSR count). The summed E-state index contributed by atoms with van der Waals surface area (Å²) >= 11 is 1.49. The highest BCUT2D eigenvalue weighted by Crippen LogP contribution is 2.04. The SMILES string of the molecule is CC/C=C\C/C=C\CSC[C@@H](NC(C)=O)C(=O)O. The zero-order valence-electron chi connectivity index (χ0n) is 10.9. The van der Waals surface area contributed by atoms with Gasteiger partial charge in [0.1, 0.15) is 6.04 Å². The average Bonchev–Trinajstić information content (AvgIpc) is 2.30. The smallest absolute Gasteiger partial charge is 0.327 e. The minimum absolute atomic E-state index is 0.316. The largest absolute Gasteiger partial charge is 0.480 e. The van der Waals surface area contributed by atoms with Gasteiger partial charge in [0, 0.05) is 18.4 Å². The van der Waals surface area contributed by atoms with Crippen LogP contribution in [0.25, 0.3) is 0 Å². The second-order valence-corrected chi connectivity index (χ2v) is 4.79. The van der Waals surface area contributed by atoms with Crippen molar-refractivity contribution in [1.82, 2.24) is 5.32 Å². The number of hydrogen-bond donors (Lipinski definition) is 2. The number of nitrogens with one attached hydrogen (secondary N) is 1. The summed E-state index contributed by atoms with van der Waals surface area (Å²) in [7, 11) is 0. The van der Waals surface area contributed by atoms with Crippen LogP contribution in [0.5, 0.6) is 0 Å². The van der Waals surface area contributed by atoms with E-state index in [0.717, 1.165) is 18.6 Å². The molecule has 18 heavy (non-hydrogen) atoms. The lowest BCUT2D eigenvalue weighted by molar-refractivity contribution is -0.140. The molecule has 0 radical (unpaired) electrons. The van der Waals surface area contributed by atoms with Crippen LogP contribution >= 0.6 is 11.8 Å². The van der Waals surface area contributed by atoms with Crippen molar-refractivity contribution in [3.63, 3.8) is 0 Å². The normalized spacial score (nSPS) is 13.0. The van der Waals surface area contributed by atoms with E-state index in [2.05, 4.69) is 24.4 Å². The number of thioether (sulfide) groups is 1. The van der Waals surface area contributed by atoms with E-state index >= 15 is 0 Å². The molecule has 0 saturated carbocycles. The van der Waals surface area contributed by atoms with Gasteiger partial charge in [-0.2, -0.15) is 11.8 Å². The van der Waals surface area contributed by atoms with E-state index in [1.165, 1.54) is 18.7 Å². The van der Waals surface area contributed by atoms with Crippen molar-refractivity contribution in [2.45, 2.75) is 32.7 Å². The summed E-state index contributed by atoms with van der Waals surface area (Å²) in [6.45, 7) is 3.41. The first-order valence-electron chi connectivity index (χ1n) is 5.95. The third-order valence-electron chi connectivity index (χ3n) is 2.02. The van der Waals surface area contributed by atoms with Gasteiger partial charge in [-0.3, -0.25) is 4.79 Å². The molecule has 4 nitrogen and oxygen atoms in total. The molecule has 0 spiro atoms. The summed E-state index contributed by atoms with van der Waals surface area (Å²) in [6.07, 6.45) is 10.2. The Hall–Kier alpha value is -1.23. The predicted molar refractivity (Wildman–Crippen MR) is 75.8 cm³/mol. The second kappa shape index (κ2) is 10.9. The van der Waals surface area contributed by atoms with Gasteiger partial charge >= 0.3 is 5.97 Å². The number of amides is 1. The summed E-state index contributed by atoms with van der Waals surface area (Å²) in [5, 5.41) is 11.3. The van der Waals surface area contributed by atoms with Crippen molar-refractivity contribution in [1.29, 1.82) is 0 Å².